The molecule has 0 saturated carbocycles. The topological polar surface area (TPSA) is 50.3 Å². The molecule has 3 heterocycles. The Hall–Kier alpha value is -1.20. The van der Waals surface area contributed by atoms with Gasteiger partial charge in [0.2, 0.25) is 0 Å². The first-order valence-corrected chi connectivity index (χ1v) is 6.79. The van der Waals surface area contributed by atoms with E-state index in [1.54, 1.807) is 6.20 Å². The summed E-state index contributed by atoms with van der Waals surface area (Å²) >= 11 is 0. The van der Waals surface area contributed by atoms with Gasteiger partial charge in [-0.1, -0.05) is 0 Å². The van der Waals surface area contributed by atoms with E-state index >= 15 is 0 Å². The van der Waals surface area contributed by atoms with Crippen molar-refractivity contribution < 1.29 is 4.74 Å². The number of aromatic nitrogens is 2. The molecule has 0 aromatic carbocycles. The molecule has 0 spiro atoms. The fourth-order valence-corrected chi connectivity index (χ4v) is 2.78. The highest BCUT2D eigenvalue weighted by molar-refractivity contribution is 5.32. The van der Waals surface area contributed by atoms with E-state index < -0.39 is 0 Å². The SMILES string of the molecule is CCNc1ccnc(C2CN3CCCC3CO2)n1. The van der Waals surface area contributed by atoms with Crippen LogP contribution >= 0.6 is 0 Å². The van der Waals surface area contributed by atoms with Crippen molar-refractivity contribution in [2.75, 3.05) is 31.6 Å². The van der Waals surface area contributed by atoms with Crippen LogP contribution in [0.5, 0.6) is 0 Å². The molecular formula is C13H20N4O. The van der Waals surface area contributed by atoms with Crippen LogP contribution in [0.4, 0.5) is 5.82 Å². The standard InChI is InChI=1S/C13H20N4O/c1-2-14-12-5-6-15-13(16-12)11-8-17-7-3-4-10(17)9-18-11/h5-6,10-11H,2-4,7-9H2,1H3,(H,14,15,16). The van der Waals surface area contributed by atoms with E-state index in [4.69, 9.17) is 4.74 Å². The van der Waals surface area contributed by atoms with Crippen LogP contribution in [0, 0.1) is 0 Å². The summed E-state index contributed by atoms with van der Waals surface area (Å²) in [6.45, 7) is 5.88. The number of rotatable bonds is 3. The third kappa shape index (κ3) is 2.33. The Morgan fingerprint density at radius 1 is 1.56 bits per heavy atom. The highest BCUT2D eigenvalue weighted by atomic mass is 16.5. The molecule has 2 fully saturated rings. The van der Waals surface area contributed by atoms with E-state index in [0.717, 1.165) is 31.3 Å². The van der Waals surface area contributed by atoms with Gasteiger partial charge in [-0.05, 0) is 32.4 Å². The minimum absolute atomic E-state index is 0.0259. The number of nitrogens with one attached hydrogen (secondary N) is 1. The van der Waals surface area contributed by atoms with E-state index in [9.17, 15) is 0 Å². The molecule has 1 aromatic heterocycles. The van der Waals surface area contributed by atoms with Gasteiger partial charge in [-0.15, -0.1) is 0 Å². The highest BCUT2D eigenvalue weighted by Crippen LogP contribution is 2.28. The van der Waals surface area contributed by atoms with Crippen molar-refractivity contribution in [2.24, 2.45) is 0 Å². The predicted octanol–water partition coefficient (Wildman–Crippen LogP) is 1.44. The third-order valence-electron chi connectivity index (χ3n) is 3.71. The number of morpholine rings is 1. The molecular weight excluding hydrogens is 228 g/mol. The van der Waals surface area contributed by atoms with E-state index in [2.05, 4.69) is 27.1 Å². The Kier molecular flexibility index (Phi) is 3.43. The average molecular weight is 248 g/mol. The molecule has 1 aromatic rings. The average Bonchev–Trinajstić information content (AvgIpc) is 2.86. The Morgan fingerprint density at radius 2 is 2.50 bits per heavy atom. The lowest BCUT2D eigenvalue weighted by molar-refractivity contribution is -0.0540. The molecule has 2 unspecified atom stereocenters. The Morgan fingerprint density at radius 3 is 3.39 bits per heavy atom. The first-order valence-electron chi connectivity index (χ1n) is 6.79. The number of ether oxygens (including phenoxy) is 1. The lowest BCUT2D eigenvalue weighted by Crippen LogP contribution is -2.42. The van der Waals surface area contributed by atoms with E-state index in [-0.39, 0.29) is 6.10 Å². The maximum atomic E-state index is 5.92. The molecule has 2 atom stereocenters. The molecule has 0 amide bonds. The minimum Gasteiger partial charge on any atom is -0.370 e. The van der Waals surface area contributed by atoms with Crippen LogP contribution in [0.3, 0.4) is 0 Å². The van der Waals surface area contributed by atoms with Gasteiger partial charge in [0.1, 0.15) is 11.9 Å². The van der Waals surface area contributed by atoms with Gasteiger partial charge in [0.15, 0.2) is 5.82 Å². The molecule has 2 saturated heterocycles. The molecule has 5 heteroatoms. The molecule has 5 nitrogen and oxygen atoms in total. The predicted molar refractivity (Wildman–Crippen MR) is 69.5 cm³/mol. The second-order valence-corrected chi connectivity index (χ2v) is 4.94. The van der Waals surface area contributed by atoms with Crippen molar-refractivity contribution in [1.82, 2.24) is 14.9 Å². The van der Waals surface area contributed by atoms with Gasteiger partial charge in [0, 0.05) is 25.3 Å². The smallest absolute Gasteiger partial charge is 0.160 e. The number of hydrogen-bond acceptors (Lipinski definition) is 5. The highest BCUT2D eigenvalue weighted by Gasteiger charge is 2.33. The lowest BCUT2D eigenvalue weighted by atomic mass is 10.2. The second kappa shape index (κ2) is 5.20. The largest absolute Gasteiger partial charge is 0.370 e. The van der Waals surface area contributed by atoms with Gasteiger partial charge >= 0.3 is 0 Å². The first kappa shape index (κ1) is 11.9. The Labute approximate surface area is 108 Å². The number of anilines is 1. The molecule has 0 radical (unpaired) electrons. The lowest BCUT2D eigenvalue weighted by Gasteiger charge is -2.34. The molecule has 98 valence electrons. The summed E-state index contributed by atoms with van der Waals surface area (Å²) in [5.74, 6) is 1.69. The number of fused-ring (bicyclic) bond motifs is 1. The van der Waals surface area contributed by atoms with E-state index in [1.807, 2.05) is 6.07 Å². The van der Waals surface area contributed by atoms with Gasteiger partial charge in [-0.3, -0.25) is 4.90 Å². The summed E-state index contributed by atoms with van der Waals surface area (Å²) in [5, 5.41) is 3.21. The quantitative estimate of drug-likeness (QED) is 0.877. The summed E-state index contributed by atoms with van der Waals surface area (Å²) in [7, 11) is 0. The molecule has 0 bridgehead atoms. The van der Waals surface area contributed by atoms with Crippen LogP contribution in [0.1, 0.15) is 31.7 Å². The van der Waals surface area contributed by atoms with Crippen LogP contribution in [0.15, 0.2) is 12.3 Å². The van der Waals surface area contributed by atoms with Gasteiger partial charge in [-0.25, -0.2) is 9.97 Å². The van der Waals surface area contributed by atoms with Crippen molar-refractivity contribution in [3.05, 3.63) is 18.1 Å². The molecule has 1 N–H and O–H groups in total. The summed E-state index contributed by atoms with van der Waals surface area (Å²) in [6, 6.07) is 2.52. The Bertz CT molecular complexity index is 412. The van der Waals surface area contributed by atoms with Crippen LogP contribution < -0.4 is 5.32 Å². The molecule has 2 aliphatic rings. The molecule has 3 rings (SSSR count). The summed E-state index contributed by atoms with van der Waals surface area (Å²) < 4.78 is 5.92. The first-order chi connectivity index (χ1) is 8.86. The van der Waals surface area contributed by atoms with Gasteiger partial charge in [0.25, 0.3) is 0 Å². The maximum absolute atomic E-state index is 5.92. The molecule has 2 aliphatic heterocycles. The molecule has 18 heavy (non-hydrogen) atoms. The number of hydrogen-bond donors (Lipinski definition) is 1. The van der Waals surface area contributed by atoms with E-state index in [0.29, 0.717) is 6.04 Å². The van der Waals surface area contributed by atoms with Gasteiger partial charge < -0.3 is 10.1 Å². The summed E-state index contributed by atoms with van der Waals surface area (Å²) in [6.07, 6.45) is 4.39. The zero-order valence-electron chi connectivity index (χ0n) is 10.8. The zero-order valence-corrected chi connectivity index (χ0v) is 10.8. The van der Waals surface area contributed by atoms with Crippen LogP contribution in [0.25, 0.3) is 0 Å². The van der Waals surface area contributed by atoms with Crippen molar-refractivity contribution in [3.63, 3.8) is 0 Å². The normalized spacial score (nSPS) is 28.1. The van der Waals surface area contributed by atoms with Crippen LogP contribution in [-0.4, -0.2) is 47.2 Å². The zero-order chi connectivity index (χ0) is 12.4. The van der Waals surface area contributed by atoms with Crippen molar-refractivity contribution >= 4 is 5.82 Å². The third-order valence-corrected chi connectivity index (χ3v) is 3.71. The Balaban J connectivity index is 1.72. The maximum Gasteiger partial charge on any atom is 0.160 e. The fourth-order valence-electron chi connectivity index (χ4n) is 2.78. The fraction of sp³-hybridized carbons (Fsp3) is 0.692. The van der Waals surface area contributed by atoms with Gasteiger partial charge in [0.05, 0.1) is 6.61 Å². The monoisotopic (exact) mass is 248 g/mol. The van der Waals surface area contributed by atoms with Crippen molar-refractivity contribution in [1.29, 1.82) is 0 Å². The molecule has 0 aliphatic carbocycles. The van der Waals surface area contributed by atoms with Crippen LogP contribution in [-0.2, 0) is 4.74 Å². The van der Waals surface area contributed by atoms with Crippen molar-refractivity contribution in [2.45, 2.75) is 31.9 Å². The summed E-state index contributed by atoms with van der Waals surface area (Å²) in [4.78, 5) is 11.4. The van der Waals surface area contributed by atoms with Crippen molar-refractivity contribution in [3.8, 4) is 0 Å². The second-order valence-electron chi connectivity index (χ2n) is 4.94. The number of nitrogens with zero attached hydrogens (tertiary/aromatic N) is 3. The van der Waals surface area contributed by atoms with Gasteiger partial charge in [-0.2, -0.15) is 0 Å². The summed E-state index contributed by atoms with van der Waals surface area (Å²) in [5.41, 5.74) is 0. The van der Waals surface area contributed by atoms with E-state index in [1.165, 1.54) is 19.4 Å². The van der Waals surface area contributed by atoms with Crippen LogP contribution in [0.2, 0.25) is 0 Å². The minimum atomic E-state index is 0.0259.